The van der Waals surface area contributed by atoms with Gasteiger partial charge in [0, 0.05) is 36.0 Å². The van der Waals surface area contributed by atoms with Crippen molar-refractivity contribution < 1.29 is 0 Å². The van der Waals surface area contributed by atoms with E-state index in [-0.39, 0.29) is 0 Å². The number of benzene rings is 1. The van der Waals surface area contributed by atoms with Crippen molar-refractivity contribution in [1.82, 2.24) is 20.1 Å². The highest BCUT2D eigenvalue weighted by molar-refractivity contribution is 5.41. The van der Waals surface area contributed by atoms with Crippen molar-refractivity contribution in [2.75, 3.05) is 0 Å². The van der Waals surface area contributed by atoms with Gasteiger partial charge < -0.3 is 5.32 Å². The van der Waals surface area contributed by atoms with E-state index < -0.39 is 0 Å². The van der Waals surface area contributed by atoms with E-state index in [2.05, 4.69) is 71.3 Å². The molecule has 0 spiro atoms. The maximum Gasteiger partial charge on any atom is 0.0648 e. The van der Waals surface area contributed by atoms with Gasteiger partial charge in [-0.1, -0.05) is 36.4 Å². The van der Waals surface area contributed by atoms with E-state index in [0.29, 0.717) is 12.0 Å². The highest BCUT2D eigenvalue weighted by atomic mass is 15.3. The summed E-state index contributed by atoms with van der Waals surface area (Å²) >= 11 is 0. The average molecular weight is 344 g/mol. The Hall–Kier alpha value is -2.72. The van der Waals surface area contributed by atoms with E-state index in [1.807, 2.05) is 24.4 Å². The molecule has 4 rings (SSSR count). The first-order chi connectivity index (χ1) is 12.7. The smallest absolute Gasteiger partial charge is 0.0648 e. The predicted octanol–water partition coefficient (Wildman–Crippen LogP) is 4.09. The third-order valence-electron chi connectivity index (χ3n) is 5.07. The fraction of sp³-hybridized carbons (Fsp3) is 0.273. The summed E-state index contributed by atoms with van der Waals surface area (Å²) in [4.78, 5) is 4.38. The summed E-state index contributed by atoms with van der Waals surface area (Å²) in [6.45, 7) is 5.08. The summed E-state index contributed by atoms with van der Waals surface area (Å²) in [7, 11) is 0. The Morgan fingerprint density at radius 1 is 1.04 bits per heavy atom. The van der Waals surface area contributed by atoms with Crippen molar-refractivity contribution in [3.63, 3.8) is 0 Å². The number of pyridine rings is 1. The maximum absolute atomic E-state index is 4.80. The highest BCUT2D eigenvalue weighted by Crippen LogP contribution is 2.33. The lowest BCUT2D eigenvalue weighted by Gasteiger charge is -2.14. The molecule has 4 heteroatoms. The molecular formula is C22H24N4. The first-order valence-electron chi connectivity index (χ1n) is 9.15. The van der Waals surface area contributed by atoms with E-state index in [1.165, 1.54) is 11.3 Å². The van der Waals surface area contributed by atoms with Gasteiger partial charge >= 0.3 is 0 Å². The van der Waals surface area contributed by atoms with E-state index in [9.17, 15) is 0 Å². The standard InChI is InChI=1S/C22H24N4/c1-16-22(17(2)26(25-16)21-9-4-3-5-10-21)18-11-12-19(14-18)24-15-20-8-6-7-13-23-20/h3-13,18-19,24H,14-15H2,1-2H3/t18-,19+/m0/s1. The van der Waals surface area contributed by atoms with Crippen LogP contribution in [0.5, 0.6) is 0 Å². The summed E-state index contributed by atoms with van der Waals surface area (Å²) in [5.74, 6) is 0.411. The summed E-state index contributed by atoms with van der Waals surface area (Å²) in [6.07, 6.45) is 7.51. The van der Waals surface area contributed by atoms with Crippen LogP contribution in [0, 0.1) is 13.8 Å². The lowest BCUT2D eigenvalue weighted by molar-refractivity contribution is 0.554. The zero-order chi connectivity index (χ0) is 17.9. The van der Waals surface area contributed by atoms with Crippen LogP contribution < -0.4 is 5.32 Å². The van der Waals surface area contributed by atoms with Crippen molar-refractivity contribution in [1.29, 1.82) is 0 Å². The molecule has 4 nitrogen and oxygen atoms in total. The van der Waals surface area contributed by atoms with Gasteiger partial charge in [0.05, 0.1) is 17.1 Å². The van der Waals surface area contributed by atoms with Crippen molar-refractivity contribution >= 4 is 0 Å². The monoisotopic (exact) mass is 344 g/mol. The van der Waals surface area contributed by atoms with E-state index >= 15 is 0 Å². The Balaban J connectivity index is 1.48. The van der Waals surface area contributed by atoms with E-state index in [1.54, 1.807) is 0 Å². The average Bonchev–Trinajstić information content (AvgIpc) is 3.25. The van der Waals surface area contributed by atoms with Gasteiger partial charge in [-0.3, -0.25) is 4.98 Å². The largest absolute Gasteiger partial charge is 0.305 e. The molecule has 0 fully saturated rings. The highest BCUT2D eigenvalue weighted by Gasteiger charge is 2.25. The summed E-state index contributed by atoms with van der Waals surface area (Å²) < 4.78 is 2.06. The van der Waals surface area contributed by atoms with Gasteiger partial charge in [-0.05, 0) is 44.5 Å². The van der Waals surface area contributed by atoms with Crippen LogP contribution in [-0.4, -0.2) is 20.8 Å². The van der Waals surface area contributed by atoms with Crippen LogP contribution in [0.15, 0.2) is 66.9 Å². The van der Waals surface area contributed by atoms with Crippen molar-refractivity contribution in [2.24, 2.45) is 0 Å². The number of para-hydroxylation sites is 1. The number of allylic oxidation sites excluding steroid dienone is 1. The fourth-order valence-electron chi connectivity index (χ4n) is 3.81. The summed E-state index contributed by atoms with van der Waals surface area (Å²) in [5, 5.41) is 8.39. The molecule has 26 heavy (non-hydrogen) atoms. The molecule has 132 valence electrons. The molecule has 0 radical (unpaired) electrons. The minimum Gasteiger partial charge on any atom is -0.305 e. The Morgan fingerprint density at radius 2 is 1.85 bits per heavy atom. The number of hydrogen-bond acceptors (Lipinski definition) is 3. The normalized spacial score (nSPS) is 19.2. The number of nitrogens with zero attached hydrogens (tertiary/aromatic N) is 3. The predicted molar refractivity (Wildman–Crippen MR) is 104 cm³/mol. The van der Waals surface area contributed by atoms with Gasteiger partial charge in [0.25, 0.3) is 0 Å². The van der Waals surface area contributed by atoms with Crippen molar-refractivity contribution in [2.45, 2.75) is 38.8 Å². The second kappa shape index (κ2) is 7.26. The van der Waals surface area contributed by atoms with Gasteiger partial charge in [0.1, 0.15) is 0 Å². The van der Waals surface area contributed by atoms with Crippen LogP contribution in [0.4, 0.5) is 0 Å². The maximum atomic E-state index is 4.80. The first kappa shape index (κ1) is 16.7. The van der Waals surface area contributed by atoms with Crippen LogP contribution in [-0.2, 0) is 6.54 Å². The third kappa shape index (κ3) is 3.33. The Labute approximate surface area is 154 Å². The molecule has 1 aliphatic carbocycles. The third-order valence-corrected chi connectivity index (χ3v) is 5.07. The quantitative estimate of drug-likeness (QED) is 0.709. The SMILES string of the molecule is Cc1nn(-c2ccccc2)c(C)c1[C@H]1C=C[C@@H](NCc2ccccn2)C1. The number of rotatable bonds is 5. The molecule has 1 aromatic carbocycles. The molecule has 1 N–H and O–H groups in total. The first-order valence-corrected chi connectivity index (χ1v) is 9.15. The number of aryl methyl sites for hydroxylation is 1. The van der Waals surface area contributed by atoms with Crippen molar-refractivity contribution in [3.8, 4) is 5.69 Å². The molecule has 2 atom stereocenters. The summed E-state index contributed by atoms with van der Waals surface area (Å²) in [6, 6.07) is 16.8. The van der Waals surface area contributed by atoms with Gasteiger partial charge in [-0.2, -0.15) is 5.10 Å². The van der Waals surface area contributed by atoms with Crippen LogP contribution in [0.25, 0.3) is 5.69 Å². The Kier molecular flexibility index (Phi) is 4.67. The fourth-order valence-corrected chi connectivity index (χ4v) is 3.81. The van der Waals surface area contributed by atoms with E-state index in [0.717, 1.165) is 30.0 Å². The molecule has 2 aromatic heterocycles. The van der Waals surface area contributed by atoms with Crippen LogP contribution in [0.3, 0.4) is 0 Å². The molecule has 1 aliphatic rings. The Morgan fingerprint density at radius 3 is 2.62 bits per heavy atom. The van der Waals surface area contributed by atoms with Gasteiger partial charge in [0.2, 0.25) is 0 Å². The molecule has 0 bridgehead atoms. The molecular weight excluding hydrogens is 320 g/mol. The van der Waals surface area contributed by atoms with E-state index in [4.69, 9.17) is 5.10 Å². The molecule has 0 amide bonds. The molecule has 0 unspecified atom stereocenters. The number of nitrogens with one attached hydrogen (secondary N) is 1. The minimum absolute atomic E-state index is 0.376. The topological polar surface area (TPSA) is 42.7 Å². The summed E-state index contributed by atoms with van der Waals surface area (Å²) in [5.41, 5.74) is 5.90. The molecule has 0 aliphatic heterocycles. The zero-order valence-corrected chi connectivity index (χ0v) is 15.3. The van der Waals surface area contributed by atoms with Gasteiger partial charge in [-0.15, -0.1) is 0 Å². The Bertz CT molecular complexity index is 897. The zero-order valence-electron chi connectivity index (χ0n) is 15.3. The minimum atomic E-state index is 0.376. The van der Waals surface area contributed by atoms with Crippen molar-refractivity contribution in [3.05, 3.63) is 89.5 Å². The second-order valence-corrected chi connectivity index (χ2v) is 6.87. The molecule has 2 heterocycles. The lowest BCUT2D eigenvalue weighted by Crippen LogP contribution is -2.25. The van der Waals surface area contributed by atoms with Gasteiger partial charge in [0.15, 0.2) is 0 Å². The van der Waals surface area contributed by atoms with Crippen LogP contribution >= 0.6 is 0 Å². The van der Waals surface area contributed by atoms with Crippen LogP contribution in [0.2, 0.25) is 0 Å². The number of aromatic nitrogens is 3. The van der Waals surface area contributed by atoms with Gasteiger partial charge in [-0.25, -0.2) is 4.68 Å². The molecule has 3 aromatic rings. The molecule has 0 saturated heterocycles. The number of hydrogen-bond donors (Lipinski definition) is 1. The lowest BCUT2D eigenvalue weighted by atomic mass is 9.96. The second-order valence-electron chi connectivity index (χ2n) is 6.87. The molecule has 0 saturated carbocycles. The van der Waals surface area contributed by atoms with Crippen LogP contribution in [0.1, 0.15) is 35.0 Å².